The van der Waals surface area contributed by atoms with Gasteiger partial charge in [-0.2, -0.15) is 5.10 Å². The van der Waals surface area contributed by atoms with Crippen LogP contribution in [0.2, 0.25) is 0 Å². The van der Waals surface area contributed by atoms with Crippen LogP contribution in [0.1, 0.15) is 11.7 Å². The molecule has 2 aromatic rings. The Bertz CT molecular complexity index is 427. The van der Waals surface area contributed by atoms with Crippen LogP contribution in [0.5, 0.6) is 0 Å². The van der Waals surface area contributed by atoms with Crippen LogP contribution in [-0.4, -0.2) is 19.9 Å². The normalized spacial score (nSPS) is 12.6. The van der Waals surface area contributed by atoms with E-state index in [4.69, 9.17) is 5.73 Å². The lowest BCUT2D eigenvalue weighted by atomic mass is 10.1. The molecular weight excluding hydrogens is 192 g/mol. The molecule has 0 fully saturated rings. The smallest absolute Gasteiger partial charge is 0.137 e. The zero-order valence-electron chi connectivity index (χ0n) is 8.11. The van der Waals surface area contributed by atoms with Crippen LogP contribution in [0.15, 0.2) is 36.9 Å². The fourth-order valence-corrected chi connectivity index (χ4v) is 1.42. The summed E-state index contributed by atoms with van der Waals surface area (Å²) in [6.07, 6.45) is 2.33. The number of aliphatic hydroxyl groups excluding tert-OH is 1. The highest BCUT2D eigenvalue weighted by Crippen LogP contribution is 2.20. The number of para-hydroxylation sites is 1. The lowest BCUT2D eigenvalue weighted by Gasteiger charge is -2.12. The molecule has 0 aliphatic carbocycles. The van der Waals surface area contributed by atoms with Gasteiger partial charge in [0.05, 0.1) is 6.54 Å². The Morgan fingerprint density at radius 1 is 1.40 bits per heavy atom. The molecule has 3 N–H and O–H groups in total. The summed E-state index contributed by atoms with van der Waals surface area (Å²) in [4.78, 5) is 3.80. The summed E-state index contributed by atoms with van der Waals surface area (Å²) in [6, 6.07) is 7.24. The molecule has 5 heteroatoms. The van der Waals surface area contributed by atoms with Gasteiger partial charge in [-0.05, 0) is 6.07 Å². The maximum atomic E-state index is 9.90. The van der Waals surface area contributed by atoms with E-state index in [1.165, 1.54) is 6.33 Å². The third-order valence-corrected chi connectivity index (χ3v) is 2.18. The Labute approximate surface area is 87.2 Å². The molecule has 0 saturated heterocycles. The van der Waals surface area contributed by atoms with Crippen molar-refractivity contribution in [3.63, 3.8) is 0 Å². The minimum absolute atomic E-state index is 0.355. The second kappa shape index (κ2) is 4.10. The van der Waals surface area contributed by atoms with Gasteiger partial charge in [0.1, 0.15) is 18.8 Å². The van der Waals surface area contributed by atoms with Crippen LogP contribution in [0.4, 0.5) is 5.69 Å². The van der Waals surface area contributed by atoms with Crippen molar-refractivity contribution in [2.24, 2.45) is 0 Å². The minimum atomic E-state index is -0.659. The van der Waals surface area contributed by atoms with E-state index in [-0.39, 0.29) is 0 Å². The minimum Gasteiger partial charge on any atom is -0.398 e. The van der Waals surface area contributed by atoms with Crippen LogP contribution in [0, 0.1) is 0 Å². The number of aliphatic hydroxyl groups is 1. The molecule has 0 radical (unpaired) electrons. The first-order valence-corrected chi connectivity index (χ1v) is 4.62. The number of benzene rings is 1. The second-order valence-electron chi connectivity index (χ2n) is 3.26. The van der Waals surface area contributed by atoms with Crippen LogP contribution < -0.4 is 5.73 Å². The number of nitrogens with zero attached hydrogens (tertiary/aromatic N) is 3. The lowest BCUT2D eigenvalue weighted by Crippen LogP contribution is -2.10. The fourth-order valence-electron chi connectivity index (χ4n) is 1.42. The summed E-state index contributed by atoms with van der Waals surface area (Å²) in [5.41, 5.74) is 7.05. The van der Waals surface area contributed by atoms with Crippen molar-refractivity contribution in [1.82, 2.24) is 14.8 Å². The number of hydrogen-bond acceptors (Lipinski definition) is 4. The highest BCUT2D eigenvalue weighted by Gasteiger charge is 2.10. The van der Waals surface area contributed by atoms with Crippen molar-refractivity contribution in [3.8, 4) is 0 Å². The molecule has 1 aromatic carbocycles. The van der Waals surface area contributed by atoms with Crippen molar-refractivity contribution < 1.29 is 5.11 Å². The van der Waals surface area contributed by atoms with Gasteiger partial charge in [0.25, 0.3) is 0 Å². The predicted octanol–water partition coefficient (Wildman–Crippen LogP) is 0.594. The zero-order valence-corrected chi connectivity index (χ0v) is 8.11. The van der Waals surface area contributed by atoms with Crippen molar-refractivity contribution in [3.05, 3.63) is 42.5 Å². The highest BCUT2D eigenvalue weighted by molar-refractivity contribution is 5.47. The first-order valence-electron chi connectivity index (χ1n) is 4.62. The van der Waals surface area contributed by atoms with Crippen molar-refractivity contribution in [2.45, 2.75) is 12.6 Å². The van der Waals surface area contributed by atoms with E-state index >= 15 is 0 Å². The zero-order chi connectivity index (χ0) is 10.7. The molecule has 0 saturated carbocycles. The van der Waals surface area contributed by atoms with Crippen LogP contribution in [-0.2, 0) is 6.54 Å². The Morgan fingerprint density at radius 2 is 2.20 bits per heavy atom. The van der Waals surface area contributed by atoms with Gasteiger partial charge in [0, 0.05) is 11.3 Å². The molecule has 0 aliphatic heterocycles. The molecule has 0 aliphatic rings. The summed E-state index contributed by atoms with van der Waals surface area (Å²) >= 11 is 0. The summed E-state index contributed by atoms with van der Waals surface area (Å²) in [7, 11) is 0. The Morgan fingerprint density at radius 3 is 2.87 bits per heavy atom. The maximum Gasteiger partial charge on any atom is 0.137 e. The Kier molecular flexibility index (Phi) is 2.64. The first kappa shape index (κ1) is 9.67. The molecule has 1 atom stereocenters. The summed E-state index contributed by atoms with van der Waals surface area (Å²) < 4.78 is 1.57. The van der Waals surface area contributed by atoms with Gasteiger partial charge in [-0.15, -0.1) is 0 Å². The molecule has 78 valence electrons. The molecule has 1 heterocycles. The highest BCUT2D eigenvalue weighted by atomic mass is 16.3. The summed E-state index contributed by atoms with van der Waals surface area (Å²) in [5, 5.41) is 13.8. The molecule has 15 heavy (non-hydrogen) atoms. The van der Waals surface area contributed by atoms with Crippen LogP contribution in [0.3, 0.4) is 0 Å². The molecule has 0 amide bonds. The SMILES string of the molecule is Nc1ccccc1C(O)Cn1cncn1. The van der Waals surface area contributed by atoms with Gasteiger partial charge in [0.2, 0.25) is 0 Å². The molecule has 0 bridgehead atoms. The molecule has 5 nitrogen and oxygen atoms in total. The molecular formula is C10H12N4O. The number of anilines is 1. The quantitative estimate of drug-likeness (QED) is 0.717. The average molecular weight is 204 g/mol. The van der Waals surface area contributed by atoms with Gasteiger partial charge < -0.3 is 10.8 Å². The van der Waals surface area contributed by atoms with E-state index < -0.39 is 6.10 Å². The van der Waals surface area contributed by atoms with Crippen LogP contribution >= 0.6 is 0 Å². The number of aromatic nitrogens is 3. The predicted molar refractivity (Wildman–Crippen MR) is 55.8 cm³/mol. The van der Waals surface area contributed by atoms with E-state index in [1.807, 2.05) is 12.1 Å². The Hall–Kier alpha value is -1.88. The topological polar surface area (TPSA) is 77.0 Å². The first-order chi connectivity index (χ1) is 7.27. The number of nitrogens with two attached hydrogens (primary N) is 1. The third kappa shape index (κ3) is 2.13. The standard InChI is InChI=1S/C10H12N4O/c11-9-4-2-1-3-8(9)10(15)5-14-7-12-6-13-14/h1-4,6-7,10,15H,5,11H2. The van der Waals surface area contributed by atoms with Crippen LogP contribution in [0.25, 0.3) is 0 Å². The van der Waals surface area contributed by atoms with E-state index in [0.717, 1.165) is 0 Å². The van der Waals surface area contributed by atoms with Gasteiger partial charge in [-0.1, -0.05) is 18.2 Å². The molecule has 1 aromatic heterocycles. The molecule has 1 unspecified atom stereocenters. The fraction of sp³-hybridized carbons (Fsp3) is 0.200. The Balaban J connectivity index is 2.15. The molecule has 2 rings (SSSR count). The maximum absolute atomic E-state index is 9.90. The second-order valence-corrected chi connectivity index (χ2v) is 3.26. The number of hydrogen-bond donors (Lipinski definition) is 2. The van der Waals surface area contributed by atoms with Gasteiger partial charge in [0.15, 0.2) is 0 Å². The van der Waals surface area contributed by atoms with E-state index in [9.17, 15) is 5.11 Å². The summed E-state index contributed by atoms with van der Waals surface area (Å²) in [5.74, 6) is 0. The summed E-state index contributed by atoms with van der Waals surface area (Å²) in [6.45, 7) is 0.355. The lowest BCUT2D eigenvalue weighted by molar-refractivity contribution is 0.152. The van der Waals surface area contributed by atoms with E-state index in [1.54, 1.807) is 23.1 Å². The number of nitrogen functional groups attached to an aromatic ring is 1. The third-order valence-electron chi connectivity index (χ3n) is 2.18. The van der Waals surface area contributed by atoms with Gasteiger partial charge in [-0.25, -0.2) is 4.98 Å². The monoisotopic (exact) mass is 204 g/mol. The van der Waals surface area contributed by atoms with Crippen molar-refractivity contribution >= 4 is 5.69 Å². The van der Waals surface area contributed by atoms with Crippen molar-refractivity contribution in [2.75, 3.05) is 5.73 Å². The number of rotatable bonds is 3. The average Bonchev–Trinajstić information content (AvgIpc) is 2.71. The largest absolute Gasteiger partial charge is 0.398 e. The van der Waals surface area contributed by atoms with Crippen molar-refractivity contribution in [1.29, 1.82) is 0 Å². The van der Waals surface area contributed by atoms with Gasteiger partial charge >= 0.3 is 0 Å². The molecule has 0 spiro atoms. The van der Waals surface area contributed by atoms with E-state index in [0.29, 0.717) is 17.8 Å². The van der Waals surface area contributed by atoms with Gasteiger partial charge in [-0.3, -0.25) is 4.68 Å². The van der Waals surface area contributed by atoms with E-state index in [2.05, 4.69) is 10.1 Å².